The summed E-state index contributed by atoms with van der Waals surface area (Å²) in [6, 6.07) is 12.6. The number of benzene rings is 2. The van der Waals surface area contributed by atoms with Gasteiger partial charge in [0.15, 0.2) is 6.54 Å². The third-order valence-electron chi connectivity index (χ3n) is 5.63. The monoisotopic (exact) mass is 383 g/mol. The Morgan fingerprint density at radius 2 is 1.54 bits per heavy atom. The summed E-state index contributed by atoms with van der Waals surface area (Å²) in [7, 11) is 1.69. The average Bonchev–Trinajstić information content (AvgIpc) is 2.67. The molecule has 0 aliphatic carbocycles. The Balaban J connectivity index is 1.46. The number of hydrogen-bond donors (Lipinski definition) is 3. The number of piperazine rings is 1. The largest absolute Gasteiger partial charge is 0.497 e. The minimum Gasteiger partial charge on any atom is -0.497 e. The van der Waals surface area contributed by atoms with Crippen molar-refractivity contribution in [3.63, 3.8) is 0 Å². The predicted molar refractivity (Wildman–Crippen MR) is 112 cm³/mol. The van der Waals surface area contributed by atoms with Crippen molar-refractivity contribution < 1.29 is 19.3 Å². The molecule has 2 aromatic rings. The maximum absolute atomic E-state index is 12.6. The molecule has 0 atom stereocenters. The molecule has 0 bridgehead atoms. The first kappa shape index (κ1) is 20.4. The smallest absolute Gasteiger partial charge is 0.279 e. The van der Waals surface area contributed by atoms with Crippen LogP contribution in [0.2, 0.25) is 0 Å². The highest BCUT2D eigenvalue weighted by atomic mass is 16.5. The highest BCUT2D eigenvalue weighted by molar-refractivity contribution is 5.93. The second-order valence-corrected chi connectivity index (χ2v) is 8.02. The lowest BCUT2D eigenvalue weighted by atomic mass is 10.1. The number of hydrogen-bond acceptors (Lipinski definition) is 2. The van der Waals surface area contributed by atoms with E-state index >= 15 is 0 Å². The van der Waals surface area contributed by atoms with Gasteiger partial charge in [0.25, 0.3) is 5.91 Å². The number of amides is 1. The lowest BCUT2D eigenvalue weighted by Gasteiger charge is -2.29. The van der Waals surface area contributed by atoms with Crippen LogP contribution in [0.4, 0.5) is 5.69 Å². The maximum atomic E-state index is 12.6. The number of anilines is 1. The van der Waals surface area contributed by atoms with Crippen LogP contribution < -0.4 is 19.9 Å². The van der Waals surface area contributed by atoms with E-state index in [0.717, 1.165) is 55.3 Å². The second kappa shape index (κ2) is 9.22. The molecule has 0 unspecified atom stereocenters. The Morgan fingerprint density at radius 1 is 0.964 bits per heavy atom. The van der Waals surface area contributed by atoms with E-state index < -0.39 is 0 Å². The minimum atomic E-state index is 0.114. The lowest BCUT2D eigenvalue weighted by Crippen LogP contribution is -3.28. The van der Waals surface area contributed by atoms with Crippen molar-refractivity contribution in [2.75, 3.05) is 45.2 Å². The zero-order valence-electron chi connectivity index (χ0n) is 17.5. The molecule has 1 fully saturated rings. The number of aryl methyl sites for hydroxylation is 3. The number of ether oxygens (including phenoxy) is 1. The molecule has 0 saturated carbocycles. The van der Waals surface area contributed by atoms with Gasteiger partial charge in [-0.3, -0.25) is 4.79 Å². The van der Waals surface area contributed by atoms with E-state index in [9.17, 15) is 4.79 Å². The van der Waals surface area contributed by atoms with Gasteiger partial charge >= 0.3 is 0 Å². The van der Waals surface area contributed by atoms with Gasteiger partial charge in [-0.15, -0.1) is 0 Å². The number of nitrogens with one attached hydrogen (secondary N) is 3. The molecule has 1 aliphatic heterocycles. The molecule has 28 heavy (non-hydrogen) atoms. The van der Waals surface area contributed by atoms with Gasteiger partial charge in [-0.25, -0.2) is 0 Å². The van der Waals surface area contributed by atoms with Crippen molar-refractivity contribution in [1.29, 1.82) is 0 Å². The Bertz CT molecular complexity index is 786. The number of rotatable bonds is 6. The standard InChI is InChI=1S/C23H31N3O2/c1-17-13-18(2)23(19(3)14-17)24-22(27)16-26-11-9-25(10-12-26)15-20-5-7-21(28-4)8-6-20/h5-8,13-14H,9-12,15-16H2,1-4H3,(H,24,27)/p+2. The van der Waals surface area contributed by atoms with Crippen LogP contribution in [0.3, 0.4) is 0 Å². The Labute approximate surface area is 168 Å². The van der Waals surface area contributed by atoms with E-state index in [2.05, 4.69) is 50.4 Å². The van der Waals surface area contributed by atoms with E-state index in [1.165, 1.54) is 16.0 Å². The first-order valence-corrected chi connectivity index (χ1v) is 10.1. The highest BCUT2D eigenvalue weighted by Crippen LogP contribution is 2.21. The summed E-state index contributed by atoms with van der Waals surface area (Å²) < 4.78 is 5.23. The molecule has 2 aromatic carbocycles. The van der Waals surface area contributed by atoms with Gasteiger partial charge in [0.1, 0.15) is 38.5 Å². The van der Waals surface area contributed by atoms with Gasteiger partial charge < -0.3 is 19.9 Å². The van der Waals surface area contributed by atoms with E-state index in [4.69, 9.17) is 4.74 Å². The van der Waals surface area contributed by atoms with E-state index in [0.29, 0.717) is 6.54 Å². The normalized spacial score (nSPS) is 19.3. The van der Waals surface area contributed by atoms with E-state index in [-0.39, 0.29) is 5.91 Å². The summed E-state index contributed by atoms with van der Waals surface area (Å²) in [5.74, 6) is 1.02. The molecular weight excluding hydrogens is 350 g/mol. The Morgan fingerprint density at radius 3 is 2.11 bits per heavy atom. The molecular formula is C23H33N3O2+2. The quantitative estimate of drug-likeness (QED) is 0.682. The summed E-state index contributed by atoms with van der Waals surface area (Å²) in [5.41, 5.74) is 5.81. The zero-order chi connectivity index (χ0) is 20.1. The Kier molecular flexibility index (Phi) is 6.70. The van der Waals surface area contributed by atoms with Crippen molar-refractivity contribution in [2.45, 2.75) is 27.3 Å². The molecule has 5 nitrogen and oxygen atoms in total. The van der Waals surface area contributed by atoms with Crippen LogP contribution in [0.25, 0.3) is 0 Å². The van der Waals surface area contributed by atoms with Crippen molar-refractivity contribution >= 4 is 11.6 Å². The molecule has 5 heteroatoms. The van der Waals surface area contributed by atoms with Crippen LogP contribution in [0.1, 0.15) is 22.3 Å². The average molecular weight is 384 g/mol. The fourth-order valence-electron chi connectivity index (χ4n) is 4.13. The van der Waals surface area contributed by atoms with Gasteiger partial charge in [-0.05, 0) is 56.2 Å². The number of quaternary nitrogens is 2. The van der Waals surface area contributed by atoms with Crippen LogP contribution in [0.5, 0.6) is 5.75 Å². The molecule has 1 amide bonds. The van der Waals surface area contributed by atoms with E-state index in [1.54, 1.807) is 12.0 Å². The summed E-state index contributed by atoms with van der Waals surface area (Å²) in [5, 5.41) is 3.14. The SMILES string of the molecule is COc1ccc(C[NH+]2CC[NH+](CC(=O)Nc3c(C)cc(C)cc3C)CC2)cc1. The van der Waals surface area contributed by atoms with Gasteiger partial charge in [-0.2, -0.15) is 0 Å². The van der Waals surface area contributed by atoms with Gasteiger partial charge in [0, 0.05) is 11.3 Å². The van der Waals surface area contributed by atoms with Crippen molar-refractivity contribution in [2.24, 2.45) is 0 Å². The van der Waals surface area contributed by atoms with Gasteiger partial charge in [-0.1, -0.05) is 17.7 Å². The molecule has 0 radical (unpaired) electrons. The number of carbonyl (C=O) groups excluding carboxylic acids is 1. The molecule has 3 rings (SSSR count). The lowest BCUT2D eigenvalue weighted by molar-refractivity contribution is -1.02. The van der Waals surface area contributed by atoms with Crippen molar-refractivity contribution in [3.05, 3.63) is 58.7 Å². The third-order valence-corrected chi connectivity index (χ3v) is 5.63. The topological polar surface area (TPSA) is 47.2 Å². The van der Waals surface area contributed by atoms with Crippen LogP contribution in [0.15, 0.2) is 36.4 Å². The molecule has 0 spiro atoms. The van der Waals surface area contributed by atoms with Gasteiger partial charge in [0.05, 0.1) is 7.11 Å². The van der Waals surface area contributed by atoms with Crippen LogP contribution in [0, 0.1) is 20.8 Å². The second-order valence-electron chi connectivity index (χ2n) is 8.02. The molecule has 1 aliphatic rings. The van der Waals surface area contributed by atoms with Crippen molar-refractivity contribution in [3.8, 4) is 5.75 Å². The predicted octanol–water partition coefficient (Wildman–Crippen LogP) is 0.543. The molecule has 0 aromatic heterocycles. The first-order valence-electron chi connectivity index (χ1n) is 10.1. The fraction of sp³-hybridized carbons (Fsp3) is 0.435. The maximum Gasteiger partial charge on any atom is 0.279 e. The molecule has 1 heterocycles. The van der Waals surface area contributed by atoms with Crippen LogP contribution >= 0.6 is 0 Å². The zero-order valence-corrected chi connectivity index (χ0v) is 17.5. The Hall–Kier alpha value is -2.37. The minimum absolute atomic E-state index is 0.114. The third kappa shape index (κ3) is 5.33. The summed E-state index contributed by atoms with van der Waals surface area (Å²) >= 11 is 0. The highest BCUT2D eigenvalue weighted by Gasteiger charge is 2.25. The molecule has 3 N–H and O–H groups in total. The van der Waals surface area contributed by atoms with Gasteiger partial charge in [0.2, 0.25) is 0 Å². The molecule has 1 saturated heterocycles. The summed E-state index contributed by atoms with van der Waals surface area (Å²) in [4.78, 5) is 15.5. The van der Waals surface area contributed by atoms with E-state index in [1.807, 2.05) is 12.1 Å². The van der Waals surface area contributed by atoms with Crippen molar-refractivity contribution in [1.82, 2.24) is 0 Å². The fourth-order valence-corrected chi connectivity index (χ4v) is 4.13. The van der Waals surface area contributed by atoms with Crippen LogP contribution in [-0.2, 0) is 11.3 Å². The van der Waals surface area contributed by atoms with Crippen LogP contribution in [-0.4, -0.2) is 45.7 Å². The summed E-state index contributed by atoms with van der Waals surface area (Å²) in [6.07, 6.45) is 0. The first-order chi connectivity index (χ1) is 13.4. The number of carbonyl (C=O) groups is 1. The molecule has 150 valence electrons. The summed E-state index contributed by atoms with van der Waals surface area (Å²) in [6.45, 7) is 12.0. The number of methoxy groups -OCH3 is 1.